The molecule has 0 saturated heterocycles. The van der Waals surface area contributed by atoms with Gasteiger partial charge in [0.15, 0.2) is 0 Å². The number of thiophene rings is 1. The summed E-state index contributed by atoms with van der Waals surface area (Å²) in [6, 6.07) is 2.33. The number of nitrogens with two attached hydrogens (primary N) is 1. The average Bonchev–Trinajstić information content (AvgIpc) is 2.57. The molecular weight excluding hydrogens is 202 g/mol. The molecule has 0 aliphatic heterocycles. The van der Waals surface area contributed by atoms with Gasteiger partial charge in [-0.1, -0.05) is 20.8 Å². The highest BCUT2D eigenvalue weighted by Crippen LogP contribution is 2.39. The van der Waals surface area contributed by atoms with E-state index in [4.69, 9.17) is 5.73 Å². The van der Waals surface area contributed by atoms with Crippen LogP contribution in [0.1, 0.15) is 42.5 Å². The molecule has 1 aromatic rings. The predicted octanol–water partition coefficient (Wildman–Crippen LogP) is 3.36. The highest BCUT2D eigenvalue weighted by Gasteiger charge is 2.29. The van der Waals surface area contributed by atoms with Crippen molar-refractivity contribution >= 4 is 11.3 Å². The second-order valence-electron chi connectivity index (χ2n) is 5.67. The number of hydrogen-bond donors (Lipinski definition) is 1. The molecule has 2 heteroatoms. The second kappa shape index (κ2) is 3.91. The zero-order valence-electron chi connectivity index (χ0n) is 9.97. The van der Waals surface area contributed by atoms with Gasteiger partial charge in [0.2, 0.25) is 0 Å². The summed E-state index contributed by atoms with van der Waals surface area (Å²) < 4.78 is 0. The molecule has 0 bridgehead atoms. The molecule has 1 aliphatic carbocycles. The van der Waals surface area contributed by atoms with E-state index in [2.05, 4.69) is 26.8 Å². The molecule has 1 heterocycles. The Morgan fingerprint density at radius 2 is 2.20 bits per heavy atom. The quantitative estimate of drug-likeness (QED) is 0.776. The minimum Gasteiger partial charge on any atom is -0.326 e. The molecule has 0 amide bonds. The lowest BCUT2D eigenvalue weighted by Gasteiger charge is -2.33. The van der Waals surface area contributed by atoms with Crippen LogP contribution in [0, 0.1) is 11.3 Å². The fourth-order valence-electron chi connectivity index (χ4n) is 2.43. The van der Waals surface area contributed by atoms with Crippen molar-refractivity contribution in [1.29, 1.82) is 0 Å². The summed E-state index contributed by atoms with van der Waals surface area (Å²) >= 11 is 1.92. The van der Waals surface area contributed by atoms with E-state index < -0.39 is 0 Å². The van der Waals surface area contributed by atoms with E-state index >= 15 is 0 Å². The summed E-state index contributed by atoms with van der Waals surface area (Å²) in [5.41, 5.74) is 7.72. The molecular formula is C13H21NS. The van der Waals surface area contributed by atoms with E-state index in [1.807, 2.05) is 11.3 Å². The molecule has 1 nitrogen and oxygen atoms in total. The number of rotatable bonds is 1. The molecule has 0 radical (unpaired) electrons. The fraction of sp³-hybridized carbons (Fsp3) is 0.692. The Kier molecular flexibility index (Phi) is 2.91. The number of fused-ring (bicyclic) bond motifs is 1. The summed E-state index contributed by atoms with van der Waals surface area (Å²) in [4.78, 5) is 2.95. The van der Waals surface area contributed by atoms with Crippen molar-refractivity contribution in [2.24, 2.45) is 17.1 Å². The molecule has 2 N–H and O–H groups in total. The lowest BCUT2D eigenvalue weighted by Crippen LogP contribution is -2.26. The minimum atomic E-state index is 0.447. The summed E-state index contributed by atoms with van der Waals surface area (Å²) in [6.45, 7) is 7.79. The average molecular weight is 223 g/mol. The van der Waals surface area contributed by atoms with Crippen molar-refractivity contribution in [2.75, 3.05) is 0 Å². The molecule has 1 aliphatic rings. The molecule has 1 atom stereocenters. The van der Waals surface area contributed by atoms with Gasteiger partial charge in [-0.3, -0.25) is 0 Å². The first-order valence-corrected chi connectivity index (χ1v) is 6.63. The Balaban J connectivity index is 2.19. The molecule has 1 aromatic heterocycles. The molecule has 0 saturated carbocycles. The van der Waals surface area contributed by atoms with Gasteiger partial charge in [-0.15, -0.1) is 11.3 Å². The van der Waals surface area contributed by atoms with Crippen LogP contribution < -0.4 is 5.73 Å². The van der Waals surface area contributed by atoms with Gasteiger partial charge in [-0.2, -0.15) is 0 Å². The van der Waals surface area contributed by atoms with E-state index in [9.17, 15) is 0 Å². The zero-order chi connectivity index (χ0) is 11.1. The SMILES string of the molecule is CC(C)(C)C1CCc2sc(CN)cc2C1. The maximum Gasteiger partial charge on any atom is 0.0273 e. The number of hydrogen-bond acceptors (Lipinski definition) is 2. The predicted molar refractivity (Wildman–Crippen MR) is 67.2 cm³/mol. The lowest BCUT2D eigenvalue weighted by molar-refractivity contribution is 0.217. The second-order valence-corrected chi connectivity index (χ2v) is 6.89. The van der Waals surface area contributed by atoms with Crippen LogP contribution in [0.25, 0.3) is 0 Å². The number of aryl methyl sites for hydroxylation is 1. The summed E-state index contributed by atoms with van der Waals surface area (Å²) in [6.07, 6.45) is 3.87. The Morgan fingerprint density at radius 1 is 1.47 bits per heavy atom. The Bertz CT molecular complexity index is 346. The fourth-order valence-corrected chi connectivity index (χ4v) is 3.52. The van der Waals surface area contributed by atoms with Crippen LogP contribution in [-0.2, 0) is 19.4 Å². The van der Waals surface area contributed by atoms with E-state index in [1.165, 1.54) is 24.1 Å². The molecule has 2 rings (SSSR count). The van der Waals surface area contributed by atoms with Crippen molar-refractivity contribution in [2.45, 2.75) is 46.6 Å². The highest BCUT2D eigenvalue weighted by molar-refractivity contribution is 7.12. The Labute approximate surface area is 96.7 Å². The third-order valence-corrected chi connectivity index (χ3v) is 4.82. The van der Waals surface area contributed by atoms with Gasteiger partial charge < -0.3 is 5.73 Å². The van der Waals surface area contributed by atoms with Crippen molar-refractivity contribution in [3.63, 3.8) is 0 Å². The Hall–Kier alpha value is -0.340. The normalized spacial score (nSPS) is 21.5. The van der Waals surface area contributed by atoms with Gasteiger partial charge in [0.05, 0.1) is 0 Å². The molecule has 0 aromatic carbocycles. The van der Waals surface area contributed by atoms with Gasteiger partial charge in [0, 0.05) is 16.3 Å². The van der Waals surface area contributed by atoms with Gasteiger partial charge in [0.25, 0.3) is 0 Å². The minimum absolute atomic E-state index is 0.447. The van der Waals surface area contributed by atoms with Crippen LogP contribution >= 0.6 is 11.3 Å². The largest absolute Gasteiger partial charge is 0.326 e. The maximum atomic E-state index is 5.69. The maximum absolute atomic E-state index is 5.69. The first kappa shape index (κ1) is 11.2. The van der Waals surface area contributed by atoms with E-state index in [0.717, 1.165) is 5.92 Å². The van der Waals surface area contributed by atoms with Crippen LogP contribution in [-0.4, -0.2) is 0 Å². The monoisotopic (exact) mass is 223 g/mol. The zero-order valence-corrected chi connectivity index (χ0v) is 10.8. The van der Waals surface area contributed by atoms with Crippen LogP contribution in [0.4, 0.5) is 0 Å². The van der Waals surface area contributed by atoms with E-state index in [1.54, 1.807) is 10.4 Å². The lowest BCUT2D eigenvalue weighted by atomic mass is 9.72. The smallest absolute Gasteiger partial charge is 0.0273 e. The van der Waals surface area contributed by atoms with Crippen LogP contribution in [0.3, 0.4) is 0 Å². The first-order valence-electron chi connectivity index (χ1n) is 5.81. The molecule has 1 unspecified atom stereocenters. The summed E-state index contributed by atoms with van der Waals surface area (Å²) in [5.74, 6) is 0.838. The molecule has 0 spiro atoms. The van der Waals surface area contributed by atoms with E-state index in [-0.39, 0.29) is 0 Å². The molecule has 0 fully saturated rings. The van der Waals surface area contributed by atoms with Crippen molar-refractivity contribution in [1.82, 2.24) is 0 Å². The van der Waals surface area contributed by atoms with E-state index in [0.29, 0.717) is 12.0 Å². The third kappa shape index (κ3) is 2.26. The Morgan fingerprint density at radius 3 is 2.80 bits per heavy atom. The van der Waals surface area contributed by atoms with Crippen LogP contribution in [0.15, 0.2) is 6.07 Å². The van der Waals surface area contributed by atoms with Crippen molar-refractivity contribution < 1.29 is 0 Å². The van der Waals surface area contributed by atoms with Crippen molar-refractivity contribution in [3.05, 3.63) is 21.4 Å². The van der Waals surface area contributed by atoms with Gasteiger partial charge in [0.1, 0.15) is 0 Å². The van der Waals surface area contributed by atoms with Gasteiger partial charge >= 0.3 is 0 Å². The van der Waals surface area contributed by atoms with Crippen LogP contribution in [0.2, 0.25) is 0 Å². The van der Waals surface area contributed by atoms with Gasteiger partial charge in [-0.25, -0.2) is 0 Å². The summed E-state index contributed by atoms with van der Waals surface area (Å²) in [5, 5.41) is 0. The third-order valence-electron chi connectivity index (χ3n) is 3.56. The first-order chi connectivity index (χ1) is 7.00. The topological polar surface area (TPSA) is 26.0 Å². The van der Waals surface area contributed by atoms with Crippen molar-refractivity contribution in [3.8, 4) is 0 Å². The highest BCUT2D eigenvalue weighted by atomic mass is 32.1. The van der Waals surface area contributed by atoms with Gasteiger partial charge in [-0.05, 0) is 42.2 Å². The standard InChI is InChI=1S/C13H21NS/c1-13(2,3)10-4-5-12-9(6-10)7-11(8-14)15-12/h7,10H,4-6,8,14H2,1-3H3. The van der Waals surface area contributed by atoms with Crippen LogP contribution in [0.5, 0.6) is 0 Å². The molecule has 15 heavy (non-hydrogen) atoms. The molecule has 84 valence electrons. The summed E-state index contributed by atoms with van der Waals surface area (Å²) in [7, 11) is 0.